The first-order chi connectivity index (χ1) is 29.0. The number of thiophene rings is 1. The molecular weight excluding hydrogens is 735 g/mol. The number of nitrogens with zero attached hydrogens (tertiary/aromatic N) is 1. The zero-order chi connectivity index (χ0) is 39.0. The lowest BCUT2D eigenvalue weighted by Crippen LogP contribution is -2.32. The Hall–Kier alpha value is -6.94. The maximum absolute atomic E-state index is 6.75. The van der Waals surface area contributed by atoms with Crippen LogP contribution in [0.2, 0.25) is 0 Å². The molecule has 2 aliphatic carbocycles. The quantitative estimate of drug-likeness (QED) is 0.177. The van der Waals surface area contributed by atoms with E-state index in [1.165, 1.54) is 92.3 Å². The van der Waals surface area contributed by atoms with Gasteiger partial charge < -0.3 is 9.64 Å². The van der Waals surface area contributed by atoms with Gasteiger partial charge in [0.05, 0.1) is 15.8 Å². The fraction of sp³-hybridized carbons (Fsp3) is 0.0714. The minimum absolute atomic E-state index is 0.141. The summed E-state index contributed by atoms with van der Waals surface area (Å²) in [5.41, 5.74) is 15.6. The average Bonchev–Trinajstić information content (AvgIpc) is 3.88. The fourth-order valence-electron chi connectivity index (χ4n) is 11.0. The molecule has 0 amide bonds. The highest BCUT2D eigenvalue weighted by Crippen LogP contribution is 2.64. The smallest absolute Gasteiger partial charge is 0.132 e. The summed E-state index contributed by atoms with van der Waals surface area (Å²) < 4.78 is 9.33. The summed E-state index contributed by atoms with van der Waals surface area (Å²) in [5.74, 6) is 1.80. The van der Waals surface area contributed by atoms with Crippen LogP contribution in [0.15, 0.2) is 188 Å². The van der Waals surface area contributed by atoms with Crippen LogP contribution >= 0.6 is 11.3 Å². The number of fused-ring (bicyclic) bond motifs is 17. The minimum Gasteiger partial charge on any atom is -0.457 e. The van der Waals surface area contributed by atoms with E-state index in [1.807, 2.05) is 11.3 Å². The van der Waals surface area contributed by atoms with Gasteiger partial charge in [-0.25, -0.2) is 0 Å². The van der Waals surface area contributed by atoms with Crippen LogP contribution in [0, 0.1) is 0 Å². The van der Waals surface area contributed by atoms with Crippen LogP contribution < -0.4 is 9.64 Å². The van der Waals surface area contributed by atoms with Gasteiger partial charge in [-0.1, -0.05) is 153 Å². The minimum atomic E-state index is -0.604. The summed E-state index contributed by atoms with van der Waals surface area (Å²) >= 11 is 1.88. The van der Waals surface area contributed by atoms with Gasteiger partial charge in [-0.3, -0.25) is 0 Å². The van der Waals surface area contributed by atoms with Gasteiger partial charge in [-0.05, 0) is 104 Å². The Morgan fingerprint density at radius 2 is 1.05 bits per heavy atom. The molecule has 0 atom stereocenters. The summed E-state index contributed by atoms with van der Waals surface area (Å²) in [6.45, 7) is 4.75. The fourth-order valence-corrected chi connectivity index (χ4v) is 12.2. The van der Waals surface area contributed by atoms with E-state index in [0.717, 1.165) is 22.9 Å². The lowest BCUT2D eigenvalue weighted by atomic mass is 9.66. The van der Waals surface area contributed by atoms with Crippen molar-refractivity contribution >= 4 is 59.3 Å². The van der Waals surface area contributed by atoms with E-state index in [4.69, 9.17) is 4.74 Å². The summed E-state index contributed by atoms with van der Waals surface area (Å²) in [6, 6.07) is 69.9. The van der Waals surface area contributed by atoms with Crippen molar-refractivity contribution in [2.75, 3.05) is 4.90 Å². The Morgan fingerprint density at radius 3 is 1.85 bits per heavy atom. The first-order valence-corrected chi connectivity index (χ1v) is 21.3. The number of anilines is 3. The van der Waals surface area contributed by atoms with Crippen LogP contribution in [0.3, 0.4) is 0 Å². The zero-order valence-electron chi connectivity index (χ0n) is 32.7. The molecule has 1 spiro atoms. The molecule has 278 valence electrons. The second-order valence-corrected chi connectivity index (χ2v) is 17.8. The Bertz CT molecular complexity index is 3380. The summed E-state index contributed by atoms with van der Waals surface area (Å²) in [6.07, 6.45) is 0. The van der Waals surface area contributed by atoms with Crippen molar-refractivity contribution in [2.24, 2.45) is 0 Å². The predicted octanol–water partition coefficient (Wildman–Crippen LogP) is 15.5. The molecule has 59 heavy (non-hydrogen) atoms. The first-order valence-electron chi connectivity index (χ1n) is 20.5. The van der Waals surface area contributed by atoms with Crippen LogP contribution in [0.1, 0.15) is 47.2 Å². The molecule has 0 fully saturated rings. The molecule has 13 rings (SSSR count). The van der Waals surface area contributed by atoms with E-state index in [-0.39, 0.29) is 5.41 Å². The van der Waals surface area contributed by atoms with Crippen molar-refractivity contribution in [3.8, 4) is 33.8 Å². The van der Waals surface area contributed by atoms with Gasteiger partial charge in [-0.15, -0.1) is 11.3 Å². The van der Waals surface area contributed by atoms with E-state index in [1.54, 1.807) is 0 Å². The number of para-hydroxylation sites is 2. The third kappa shape index (κ3) is 4.30. The third-order valence-electron chi connectivity index (χ3n) is 13.5. The van der Waals surface area contributed by atoms with E-state index in [2.05, 4.69) is 207 Å². The monoisotopic (exact) mass is 771 g/mol. The number of hydrogen-bond acceptors (Lipinski definition) is 3. The van der Waals surface area contributed by atoms with Crippen molar-refractivity contribution in [2.45, 2.75) is 24.7 Å². The molecule has 10 aromatic rings. The molecule has 1 aromatic heterocycles. The largest absolute Gasteiger partial charge is 0.457 e. The zero-order valence-corrected chi connectivity index (χ0v) is 33.5. The van der Waals surface area contributed by atoms with Crippen molar-refractivity contribution in [1.82, 2.24) is 0 Å². The van der Waals surface area contributed by atoms with Gasteiger partial charge in [0.15, 0.2) is 0 Å². The Kier molecular flexibility index (Phi) is 6.62. The van der Waals surface area contributed by atoms with Gasteiger partial charge in [0.25, 0.3) is 0 Å². The van der Waals surface area contributed by atoms with E-state index >= 15 is 0 Å². The molecule has 0 N–H and O–H groups in total. The number of hydrogen-bond donors (Lipinski definition) is 0. The van der Waals surface area contributed by atoms with Crippen molar-refractivity contribution in [3.05, 3.63) is 221 Å². The predicted molar refractivity (Wildman–Crippen MR) is 246 cm³/mol. The average molecular weight is 772 g/mol. The summed E-state index contributed by atoms with van der Waals surface area (Å²) in [7, 11) is 0. The number of rotatable bonds is 3. The summed E-state index contributed by atoms with van der Waals surface area (Å²) in [4.78, 5) is 2.53. The summed E-state index contributed by atoms with van der Waals surface area (Å²) in [5, 5.41) is 5.09. The van der Waals surface area contributed by atoms with Gasteiger partial charge in [0, 0.05) is 43.4 Å². The highest BCUT2D eigenvalue weighted by molar-refractivity contribution is 7.26. The Labute approximate surface area is 347 Å². The SMILES string of the molecule is CC1(C)c2ccccc2-c2ccc(N(c3ccc4c(c3)C3(c5ccccc5Oc5ccccc53)c3ccc5ccccc5c3-4)c3cccc4c3sc3ccccc34)cc21. The second-order valence-electron chi connectivity index (χ2n) is 16.8. The molecule has 2 nitrogen and oxygen atoms in total. The standard InChI is InChI=1S/C56H37NOS/c1-55(2)43-19-7-5-16-38(43)39-29-27-35(32-47(39)55)57(49-22-13-18-41-40-17-6-12-25-52(40)59-54(41)49)36-28-30-42-48(33-36)56(46-31-26-34-14-3-4-15-37(34)53(42)46)44-20-8-10-23-50(44)58-51-24-11-9-21-45(51)56/h3-33H,1-2H3. The first kappa shape index (κ1) is 33.1. The van der Waals surface area contributed by atoms with Crippen LogP contribution in [0.4, 0.5) is 17.1 Å². The van der Waals surface area contributed by atoms with Crippen LogP contribution in [0.25, 0.3) is 53.2 Å². The molecule has 9 aromatic carbocycles. The highest BCUT2D eigenvalue weighted by Gasteiger charge is 2.52. The Balaban J connectivity index is 1.13. The van der Waals surface area contributed by atoms with Gasteiger partial charge in [-0.2, -0.15) is 0 Å². The molecule has 0 saturated carbocycles. The molecule has 1 aliphatic heterocycles. The lowest BCUT2D eigenvalue weighted by molar-refractivity contribution is 0.436. The molecule has 0 bridgehead atoms. The number of benzene rings is 9. The maximum Gasteiger partial charge on any atom is 0.132 e. The van der Waals surface area contributed by atoms with Crippen molar-refractivity contribution in [1.29, 1.82) is 0 Å². The highest BCUT2D eigenvalue weighted by atomic mass is 32.1. The van der Waals surface area contributed by atoms with Gasteiger partial charge in [0.1, 0.15) is 11.5 Å². The molecule has 3 aliphatic rings. The molecule has 3 heteroatoms. The van der Waals surface area contributed by atoms with Crippen molar-refractivity contribution < 1.29 is 4.74 Å². The van der Waals surface area contributed by atoms with Crippen molar-refractivity contribution in [3.63, 3.8) is 0 Å². The normalized spacial score (nSPS) is 14.7. The van der Waals surface area contributed by atoms with E-state index < -0.39 is 5.41 Å². The topological polar surface area (TPSA) is 12.5 Å². The Morgan fingerprint density at radius 1 is 0.441 bits per heavy atom. The lowest BCUT2D eigenvalue weighted by Gasteiger charge is -2.39. The van der Waals surface area contributed by atoms with Gasteiger partial charge >= 0.3 is 0 Å². The maximum atomic E-state index is 6.75. The van der Waals surface area contributed by atoms with Crippen LogP contribution in [0.5, 0.6) is 11.5 Å². The van der Waals surface area contributed by atoms with Crippen LogP contribution in [-0.2, 0) is 10.8 Å². The van der Waals surface area contributed by atoms with E-state index in [0.29, 0.717) is 0 Å². The molecule has 2 heterocycles. The van der Waals surface area contributed by atoms with Gasteiger partial charge in [0.2, 0.25) is 0 Å². The third-order valence-corrected chi connectivity index (χ3v) is 14.7. The second kappa shape index (κ2) is 11.8. The molecule has 0 saturated heterocycles. The molecule has 0 unspecified atom stereocenters. The van der Waals surface area contributed by atoms with E-state index in [9.17, 15) is 0 Å². The molecular formula is C56H37NOS. The van der Waals surface area contributed by atoms with Crippen LogP contribution in [-0.4, -0.2) is 0 Å². The molecule has 0 radical (unpaired) electrons. The number of ether oxygens (including phenoxy) is 1.